The van der Waals surface area contributed by atoms with E-state index in [-0.39, 0.29) is 11.9 Å². The molecule has 0 aliphatic carbocycles. The lowest BCUT2D eigenvalue weighted by atomic mass is 10.0. The molecule has 1 atom stereocenters. The third-order valence-electron chi connectivity index (χ3n) is 4.24. The van der Waals surface area contributed by atoms with Gasteiger partial charge in [-0.1, -0.05) is 26.7 Å². The van der Waals surface area contributed by atoms with E-state index in [1.54, 1.807) is 12.1 Å². The molecular weight excluding hydrogens is 251 g/mol. The van der Waals surface area contributed by atoms with Gasteiger partial charge in [0.25, 0.3) is 0 Å². The summed E-state index contributed by atoms with van der Waals surface area (Å²) >= 11 is 0. The van der Waals surface area contributed by atoms with Crippen LogP contribution in [0.15, 0.2) is 18.2 Å². The number of nitrogens with one attached hydrogen (secondary N) is 1. The highest BCUT2D eigenvalue weighted by Gasteiger charge is 2.17. The highest BCUT2D eigenvalue weighted by Crippen LogP contribution is 2.28. The molecule has 0 aromatic heterocycles. The van der Waals surface area contributed by atoms with Crippen LogP contribution in [-0.4, -0.2) is 20.1 Å². The Kier molecular flexibility index (Phi) is 7.00. The van der Waals surface area contributed by atoms with Crippen LogP contribution >= 0.6 is 0 Å². The summed E-state index contributed by atoms with van der Waals surface area (Å²) in [4.78, 5) is 2.38. The van der Waals surface area contributed by atoms with Crippen molar-refractivity contribution in [1.82, 2.24) is 5.32 Å². The number of benzene rings is 1. The number of anilines is 1. The Labute approximate surface area is 123 Å². The maximum Gasteiger partial charge on any atom is 0.123 e. The first-order valence-electron chi connectivity index (χ1n) is 7.78. The second kappa shape index (κ2) is 8.25. The van der Waals surface area contributed by atoms with E-state index in [1.165, 1.54) is 12.8 Å². The van der Waals surface area contributed by atoms with Crippen LogP contribution in [0.1, 0.15) is 52.1 Å². The van der Waals surface area contributed by atoms with E-state index in [0.717, 1.165) is 24.3 Å². The first-order valence-corrected chi connectivity index (χ1v) is 7.78. The van der Waals surface area contributed by atoms with Gasteiger partial charge >= 0.3 is 0 Å². The molecule has 0 spiro atoms. The summed E-state index contributed by atoms with van der Waals surface area (Å²) in [5, 5.41) is 3.22. The van der Waals surface area contributed by atoms with Crippen LogP contribution in [0.4, 0.5) is 10.1 Å². The van der Waals surface area contributed by atoms with Gasteiger partial charge in [-0.2, -0.15) is 0 Å². The minimum atomic E-state index is -0.163. The number of hydrogen-bond donors (Lipinski definition) is 1. The van der Waals surface area contributed by atoms with Crippen LogP contribution in [0.2, 0.25) is 0 Å². The van der Waals surface area contributed by atoms with E-state index in [2.05, 4.69) is 37.9 Å². The SMILES string of the molecule is CCC(CC)CN(CC)c1ccc(F)cc1C(C)NC. The van der Waals surface area contributed by atoms with Gasteiger partial charge in [-0.05, 0) is 50.6 Å². The molecule has 0 amide bonds. The van der Waals surface area contributed by atoms with Gasteiger partial charge < -0.3 is 10.2 Å². The first kappa shape index (κ1) is 17.0. The van der Waals surface area contributed by atoms with Crippen LogP contribution in [0.5, 0.6) is 0 Å². The summed E-state index contributed by atoms with van der Waals surface area (Å²) in [6, 6.07) is 5.30. The molecule has 1 aromatic carbocycles. The van der Waals surface area contributed by atoms with Crippen LogP contribution in [0, 0.1) is 11.7 Å². The average molecular weight is 280 g/mol. The Hall–Kier alpha value is -1.09. The summed E-state index contributed by atoms with van der Waals surface area (Å²) in [5.74, 6) is 0.530. The third-order valence-corrected chi connectivity index (χ3v) is 4.24. The lowest BCUT2D eigenvalue weighted by Gasteiger charge is -2.30. The highest BCUT2D eigenvalue weighted by atomic mass is 19.1. The van der Waals surface area contributed by atoms with Gasteiger partial charge in [0.1, 0.15) is 5.82 Å². The zero-order valence-corrected chi connectivity index (χ0v) is 13.5. The van der Waals surface area contributed by atoms with Gasteiger partial charge in [0.05, 0.1) is 0 Å². The predicted molar refractivity (Wildman–Crippen MR) is 85.8 cm³/mol. The molecule has 1 unspecified atom stereocenters. The number of halogens is 1. The average Bonchev–Trinajstić information content (AvgIpc) is 2.48. The van der Waals surface area contributed by atoms with Crippen LogP contribution in [0.25, 0.3) is 0 Å². The molecule has 1 rings (SSSR count). The molecule has 0 bridgehead atoms. The van der Waals surface area contributed by atoms with Crippen LogP contribution in [-0.2, 0) is 0 Å². The molecule has 0 saturated heterocycles. The minimum absolute atomic E-state index is 0.149. The summed E-state index contributed by atoms with van der Waals surface area (Å²) in [6.07, 6.45) is 2.37. The van der Waals surface area contributed by atoms with Crippen LogP contribution < -0.4 is 10.2 Å². The van der Waals surface area contributed by atoms with Crippen molar-refractivity contribution in [2.24, 2.45) is 5.92 Å². The normalized spacial score (nSPS) is 12.8. The first-order chi connectivity index (χ1) is 9.57. The zero-order valence-electron chi connectivity index (χ0n) is 13.5. The standard InChI is InChI=1S/C17H29FN2/c1-6-14(7-2)12-20(8-3)17-10-9-15(18)11-16(17)13(4)19-5/h9-11,13-14,19H,6-8,12H2,1-5H3. The lowest BCUT2D eigenvalue weighted by Crippen LogP contribution is -2.31. The summed E-state index contributed by atoms with van der Waals surface area (Å²) in [7, 11) is 1.91. The smallest absolute Gasteiger partial charge is 0.123 e. The largest absolute Gasteiger partial charge is 0.371 e. The molecular formula is C17H29FN2. The molecule has 0 heterocycles. The Bertz CT molecular complexity index is 402. The predicted octanol–water partition coefficient (Wildman–Crippen LogP) is 4.37. The Morgan fingerprint density at radius 3 is 2.35 bits per heavy atom. The fraction of sp³-hybridized carbons (Fsp3) is 0.647. The fourth-order valence-corrected chi connectivity index (χ4v) is 2.57. The Morgan fingerprint density at radius 1 is 1.20 bits per heavy atom. The molecule has 1 aromatic rings. The number of hydrogen-bond acceptors (Lipinski definition) is 2. The lowest BCUT2D eigenvalue weighted by molar-refractivity contribution is 0.484. The van der Waals surface area contributed by atoms with Crippen molar-refractivity contribution in [3.05, 3.63) is 29.6 Å². The van der Waals surface area contributed by atoms with Gasteiger partial charge in [-0.15, -0.1) is 0 Å². The molecule has 3 heteroatoms. The van der Waals surface area contributed by atoms with E-state index in [0.29, 0.717) is 5.92 Å². The molecule has 1 N–H and O–H groups in total. The number of nitrogens with zero attached hydrogens (tertiary/aromatic N) is 1. The van der Waals surface area contributed by atoms with E-state index < -0.39 is 0 Å². The molecule has 0 aliphatic rings. The van der Waals surface area contributed by atoms with Crippen molar-refractivity contribution >= 4 is 5.69 Å². The van der Waals surface area contributed by atoms with Gasteiger partial charge in [0.15, 0.2) is 0 Å². The minimum Gasteiger partial charge on any atom is -0.371 e. The quantitative estimate of drug-likeness (QED) is 0.760. The Balaban J connectivity index is 3.07. The molecule has 0 fully saturated rings. The summed E-state index contributed by atoms with van der Waals surface area (Å²) < 4.78 is 13.6. The highest BCUT2D eigenvalue weighted by molar-refractivity contribution is 5.55. The van der Waals surface area contributed by atoms with Crippen molar-refractivity contribution in [3.63, 3.8) is 0 Å². The van der Waals surface area contributed by atoms with Gasteiger partial charge in [-0.3, -0.25) is 0 Å². The van der Waals surface area contributed by atoms with E-state index in [9.17, 15) is 4.39 Å². The number of rotatable bonds is 8. The monoisotopic (exact) mass is 280 g/mol. The van der Waals surface area contributed by atoms with Gasteiger partial charge in [0.2, 0.25) is 0 Å². The van der Waals surface area contributed by atoms with E-state index in [4.69, 9.17) is 0 Å². The third kappa shape index (κ3) is 4.20. The topological polar surface area (TPSA) is 15.3 Å². The van der Waals surface area contributed by atoms with Crippen molar-refractivity contribution in [3.8, 4) is 0 Å². The molecule has 20 heavy (non-hydrogen) atoms. The van der Waals surface area contributed by atoms with E-state index >= 15 is 0 Å². The summed E-state index contributed by atoms with van der Waals surface area (Å²) in [6.45, 7) is 10.7. The van der Waals surface area contributed by atoms with Crippen molar-refractivity contribution in [2.45, 2.75) is 46.6 Å². The molecule has 0 aliphatic heterocycles. The van der Waals surface area contributed by atoms with Crippen molar-refractivity contribution in [1.29, 1.82) is 0 Å². The van der Waals surface area contributed by atoms with Crippen molar-refractivity contribution < 1.29 is 4.39 Å². The zero-order chi connectivity index (χ0) is 15.1. The molecule has 0 radical (unpaired) electrons. The summed E-state index contributed by atoms with van der Waals surface area (Å²) in [5.41, 5.74) is 2.20. The second-order valence-corrected chi connectivity index (χ2v) is 5.43. The second-order valence-electron chi connectivity index (χ2n) is 5.43. The Morgan fingerprint density at radius 2 is 1.85 bits per heavy atom. The van der Waals surface area contributed by atoms with Gasteiger partial charge in [0, 0.05) is 24.8 Å². The molecule has 114 valence electrons. The molecule has 0 saturated carbocycles. The van der Waals surface area contributed by atoms with E-state index in [1.807, 2.05) is 13.1 Å². The fourth-order valence-electron chi connectivity index (χ4n) is 2.57. The van der Waals surface area contributed by atoms with Gasteiger partial charge in [-0.25, -0.2) is 4.39 Å². The maximum absolute atomic E-state index is 13.6. The molecule has 2 nitrogen and oxygen atoms in total. The maximum atomic E-state index is 13.6. The van der Waals surface area contributed by atoms with Crippen LogP contribution in [0.3, 0.4) is 0 Å². The van der Waals surface area contributed by atoms with Crippen molar-refractivity contribution in [2.75, 3.05) is 25.0 Å².